The first kappa shape index (κ1) is 24.9. The predicted octanol–water partition coefficient (Wildman–Crippen LogP) is 3.52. The van der Waals surface area contributed by atoms with Crippen molar-refractivity contribution in [1.29, 1.82) is 0 Å². The minimum Gasteiger partial charge on any atom is -0.491 e. The largest absolute Gasteiger partial charge is 0.491 e. The van der Waals surface area contributed by atoms with Gasteiger partial charge in [-0.05, 0) is 71.1 Å². The van der Waals surface area contributed by atoms with Crippen molar-refractivity contribution in [2.24, 2.45) is 0 Å². The zero-order valence-electron chi connectivity index (χ0n) is 20.7. The van der Waals surface area contributed by atoms with Gasteiger partial charge in [0.2, 0.25) is 0 Å². The molecule has 1 amide bonds. The molecule has 0 radical (unpaired) electrons. The van der Waals surface area contributed by atoms with Crippen LogP contribution in [0.25, 0.3) is 5.57 Å². The summed E-state index contributed by atoms with van der Waals surface area (Å²) in [4.78, 5) is 26.5. The van der Waals surface area contributed by atoms with Crippen LogP contribution in [-0.4, -0.2) is 52.4 Å². The van der Waals surface area contributed by atoms with Gasteiger partial charge in [0.15, 0.2) is 5.78 Å². The van der Waals surface area contributed by atoms with E-state index in [4.69, 9.17) is 9.84 Å². The summed E-state index contributed by atoms with van der Waals surface area (Å²) in [6.45, 7) is 3.37. The first-order chi connectivity index (χ1) is 17.7. The predicted molar refractivity (Wildman–Crippen MR) is 140 cm³/mol. The van der Waals surface area contributed by atoms with Crippen LogP contribution < -0.4 is 10.1 Å². The van der Waals surface area contributed by atoms with Crippen LogP contribution in [0.2, 0.25) is 0 Å². The van der Waals surface area contributed by atoms with Gasteiger partial charge in [0, 0.05) is 27.8 Å². The summed E-state index contributed by atoms with van der Waals surface area (Å²) in [6, 6.07) is 20.0. The highest BCUT2D eigenvalue weighted by molar-refractivity contribution is 6.33. The second kappa shape index (κ2) is 9.59. The molecule has 0 spiro atoms. The minimum absolute atomic E-state index is 0.0631. The molecule has 2 aliphatic carbocycles. The number of hydrogen-bond donors (Lipinski definition) is 4. The van der Waals surface area contributed by atoms with Crippen LogP contribution >= 0.6 is 0 Å². The minimum atomic E-state index is -1.29. The summed E-state index contributed by atoms with van der Waals surface area (Å²) in [7, 11) is 0. The van der Waals surface area contributed by atoms with E-state index >= 15 is 0 Å². The van der Waals surface area contributed by atoms with E-state index in [0.29, 0.717) is 34.6 Å². The lowest BCUT2D eigenvalue weighted by molar-refractivity contribution is -0.0339. The molecule has 37 heavy (non-hydrogen) atoms. The normalized spacial score (nSPS) is 16.9. The van der Waals surface area contributed by atoms with Crippen molar-refractivity contribution in [2.75, 3.05) is 18.5 Å². The van der Waals surface area contributed by atoms with Gasteiger partial charge in [0.05, 0.1) is 6.61 Å². The fourth-order valence-corrected chi connectivity index (χ4v) is 5.12. The second-order valence-corrected chi connectivity index (χ2v) is 10.0. The molecular weight excluding hydrogens is 470 g/mol. The number of allylic oxidation sites excluding steroid dienone is 2. The van der Waals surface area contributed by atoms with Crippen LogP contribution in [0.3, 0.4) is 0 Å². The molecule has 0 saturated heterocycles. The van der Waals surface area contributed by atoms with Crippen molar-refractivity contribution in [2.45, 2.75) is 37.9 Å². The van der Waals surface area contributed by atoms with Gasteiger partial charge in [-0.3, -0.25) is 9.59 Å². The van der Waals surface area contributed by atoms with Gasteiger partial charge in [-0.15, -0.1) is 0 Å². The first-order valence-electron chi connectivity index (χ1n) is 12.2. The summed E-state index contributed by atoms with van der Waals surface area (Å²) < 4.78 is 5.66. The summed E-state index contributed by atoms with van der Waals surface area (Å²) in [5.41, 5.74) is 5.66. The zero-order chi connectivity index (χ0) is 26.3. The number of nitrogens with one attached hydrogen (secondary N) is 1. The molecule has 5 rings (SSSR count). The highest BCUT2D eigenvalue weighted by Crippen LogP contribution is 2.50. The molecule has 4 N–H and O–H groups in total. The van der Waals surface area contributed by atoms with Gasteiger partial charge >= 0.3 is 0 Å². The number of aliphatic hydroxyl groups excluding tert-OH is 3. The maximum atomic E-state index is 13.6. The number of amides is 1. The van der Waals surface area contributed by atoms with Crippen molar-refractivity contribution < 1.29 is 29.6 Å². The van der Waals surface area contributed by atoms with Crippen LogP contribution in [0.4, 0.5) is 5.69 Å². The molecule has 0 aliphatic heterocycles. The van der Waals surface area contributed by atoms with Gasteiger partial charge in [-0.2, -0.15) is 0 Å². The maximum absolute atomic E-state index is 13.6. The smallest absolute Gasteiger partial charge is 0.255 e. The quantitative estimate of drug-likeness (QED) is 0.395. The molecule has 3 aromatic rings. The fourth-order valence-electron chi connectivity index (χ4n) is 5.12. The van der Waals surface area contributed by atoms with Crippen molar-refractivity contribution in [3.05, 3.63) is 100 Å². The van der Waals surface area contributed by atoms with E-state index in [0.717, 1.165) is 22.3 Å². The number of aliphatic hydroxyl groups is 3. The number of carbonyl (C=O) groups is 2. The topological polar surface area (TPSA) is 116 Å². The molecule has 7 heteroatoms. The van der Waals surface area contributed by atoms with E-state index in [1.807, 2.05) is 42.5 Å². The molecule has 0 heterocycles. The molecular formula is C30H29NO6. The monoisotopic (exact) mass is 499 g/mol. The third kappa shape index (κ3) is 4.46. The average Bonchev–Trinajstić information content (AvgIpc) is 3.31. The lowest BCUT2D eigenvalue weighted by Gasteiger charge is -2.34. The number of rotatable bonds is 7. The number of ether oxygens (including phenoxy) is 1. The Morgan fingerprint density at radius 1 is 1.00 bits per heavy atom. The highest BCUT2D eigenvalue weighted by Gasteiger charge is 2.43. The molecule has 7 nitrogen and oxygen atoms in total. The van der Waals surface area contributed by atoms with Gasteiger partial charge in [-0.25, -0.2) is 0 Å². The van der Waals surface area contributed by atoms with Crippen molar-refractivity contribution in [1.82, 2.24) is 0 Å². The number of Topliss-reactive ketones (excluding diaryl/α,β-unsaturated/α-hetero) is 1. The van der Waals surface area contributed by atoms with Crippen molar-refractivity contribution in [3.8, 4) is 5.75 Å². The van der Waals surface area contributed by atoms with Crippen LogP contribution in [0, 0.1) is 0 Å². The first-order valence-corrected chi connectivity index (χ1v) is 12.2. The van der Waals surface area contributed by atoms with Gasteiger partial charge in [0.1, 0.15) is 24.6 Å². The Hall–Kier alpha value is -3.78. The van der Waals surface area contributed by atoms with E-state index in [9.17, 15) is 19.8 Å². The van der Waals surface area contributed by atoms with Crippen LogP contribution in [-0.2, 0) is 11.8 Å². The van der Waals surface area contributed by atoms with E-state index in [-0.39, 0.29) is 18.3 Å². The molecule has 0 saturated carbocycles. The third-order valence-electron chi connectivity index (χ3n) is 7.28. The highest BCUT2D eigenvalue weighted by atomic mass is 16.5. The summed E-state index contributed by atoms with van der Waals surface area (Å²) in [6.07, 6.45) is -1.97. The second-order valence-electron chi connectivity index (χ2n) is 10.0. The number of para-hydroxylation sites is 1. The molecule has 3 aromatic carbocycles. The Kier molecular flexibility index (Phi) is 6.45. The summed E-state index contributed by atoms with van der Waals surface area (Å²) in [5.74, 6) is 0.193. The van der Waals surface area contributed by atoms with E-state index in [2.05, 4.69) is 19.2 Å². The molecule has 2 atom stereocenters. The summed E-state index contributed by atoms with van der Waals surface area (Å²) >= 11 is 0. The Bertz CT molecular complexity index is 1410. The van der Waals surface area contributed by atoms with Gasteiger partial charge < -0.3 is 25.4 Å². The van der Waals surface area contributed by atoms with Crippen LogP contribution in [0.1, 0.15) is 51.3 Å². The Morgan fingerprint density at radius 2 is 1.73 bits per heavy atom. The SMILES string of the molecule is CC1(C)C2=C(C(=O)c3ccc(OC[C@@H](O)[C@H](O)CO)cc31)c1ccc(C(=O)Nc3ccccc3)cc1C2. The average molecular weight is 500 g/mol. The number of ketones is 1. The lowest BCUT2D eigenvalue weighted by Crippen LogP contribution is -2.34. The molecule has 0 fully saturated rings. The Morgan fingerprint density at radius 3 is 2.46 bits per heavy atom. The van der Waals surface area contributed by atoms with E-state index in [1.165, 1.54) is 0 Å². The third-order valence-corrected chi connectivity index (χ3v) is 7.28. The molecule has 2 aliphatic rings. The van der Waals surface area contributed by atoms with Gasteiger partial charge in [-0.1, -0.05) is 38.1 Å². The fraction of sp³-hybridized carbons (Fsp3) is 0.267. The number of benzene rings is 3. The van der Waals surface area contributed by atoms with E-state index in [1.54, 1.807) is 24.3 Å². The van der Waals surface area contributed by atoms with Crippen molar-refractivity contribution in [3.63, 3.8) is 0 Å². The maximum Gasteiger partial charge on any atom is 0.255 e. The van der Waals surface area contributed by atoms with E-state index < -0.39 is 24.2 Å². The standard InChI is InChI=1S/C30H29NO6/c1-30(2)23-14-20(37-16-26(34)25(33)15-32)9-11-22(23)28(35)27-21-10-8-17(12-18(21)13-24(27)30)29(36)31-19-6-4-3-5-7-19/h3-12,14,25-26,32-34H,13,15-16H2,1-2H3,(H,31,36)/t25-,26-/m1/s1. The molecule has 0 unspecified atom stereocenters. The Labute approximate surface area is 215 Å². The van der Waals surface area contributed by atoms with Crippen molar-refractivity contribution >= 4 is 23.0 Å². The number of fused-ring (bicyclic) bond motifs is 3. The van der Waals surface area contributed by atoms with Crippen LogP contribution in [0.15, 0.2) is 72.3 Å². The Balaban J connectivity index is 1.41. The number of anilines is 1. The number of hydrogen-bond acceptors (Lipinski definition) is 6. The van der Waals surface area contributed by atoms with Gasteiger partial charge in [0.25, 0.3) is 5.91 Å². The summed E-state index contributed by atoms with van der Waals surface area (Å²) in [5, 5.41) is 31.4. The molecule has 190 valence electrons. The molecule has 0 bridgehead atoms. The number of carbonyl (C=O) groups excluding carboxylic acids is 2. The zero-order valence-corrected chi connectivity index (χ0v) is 20.7. The van der Waals surface area contributed by atoms with Crippen LogP contribution in [0.5, 0.6) is 5.75 Å². The lowest BCUT2D eigenvalue weighted by atomic mass is 9.68. The molecule has 0 aromatic heterocycles.